The molecule has 0 bridgehead atoms. The molecule has 0 radical (unpaired) electrons. The minimum atomic E-state index is -0.852. The van der Waals surface area contributed by atoms with Crippen LogP contribution in [0.5, 0.6) is 0 Å². The fourth-order valence-electron chi connectivity index (χ4n) is 4.27. The van der Waals surface area contributed by atoms with E-state index in [-0.39, 0.29) is 23.6 Å². The van der Waals surface area contributed by atoms with E-state index in [0.717, 1.165) is 17.7 Å². The quantitative estimate of drug-likeness (QED) is 0.297. The molecule has 0 fully saturated rings. The van der Waals surface area contributed by atoms with E-state index in [1.165, 1.54) is 18.3 Å². The first-order chi connectivity index (χ1) is 18.7. The van der Waals surface area contributed by atoms with Crippen LogP contribution in [0, 0.1) is 24.5 Å². The van der Waals surface area contributed by atoms with Gasteiger partial charge in [0.05, 0.1) is 28.6 Å². The number of benzene rings is 1. The molecule has 1 N–H and O–H groups in total. The molecule has 39 heavy (non-hydrogen) atoms. The molecule has 1 atom stereocenters. The van der Waals surface area contributed by atoms with Gasteiger partial charge < -0.3 is 9.84 Å². The number of hydrogen-bond donors (Lipinski definition) is 1. The maximum atomic E-state index is 14.2. The Hall–Kier alpha value is -4.80. The second kappa shape index (κ2) is 10.2. The van der Waals surface area contributed by atoms with Gasteiger partial charge in [0.15, 0.2) is 11.5 Å². The van der Waals surface area contributed by atoms with E-state index >= 15 is 0 Å². The van der Waals surface area contributed by atoms with Crippen LogP contribution < -0.4 is 5.32 Å². The number of halogens is 3. The predicted molar refractivity (Wildman–Crippen MR) is 136 cm³/mol. The Morgan fingerprint density at radius 2 is 1.92 bits per heavy atom. The van der Waals surface area contributed by atoms with Crippen molar-refractivity contribution >= 4 is 5.91 Å². The van der Waals surface area contributed by atoms with E-state index in [4.69, 9.17) is 9.51 Å². The Morgan fingerprint density at radius 3 is 2.67 bits per heavy atom. The second-order valence-corrected chi connectivity index (χ2v) is 9.30. The average molecular weight is 533 g/mol. The highest BCUT2D eigenvalue weighted by Crippen LogP contribution is 2.32. The van der Waals surface area contributed by atoms with E-state index in [1.807, 2.05) is 25.3 Å². The first kappa shape index (κ1) is 25.8. The lowest BCUT2D eigenvalue weighted by atomic mass is 9.80. The van der Waals surface area contributed by atoms with Gasteiger partial charge in [0.1, 0.15) is 11.6 Å². The molecule has 4 aromatic heterocycles. The van der Waals surface area contributed by atoms with Gasteiger partial charge in [-0.15, -0.1) is 0 Å². The predicted octanol–water partition coefficient (Wildman–Crippen LogP) is 4.99. The van der Waals surface area contributed by atoms with Crippen LogP contribution in [0.2, 0.25) is 0 Å². The van der Waals surface area contributed by atoms with Crippen molar-refractivity contribution in [3.8, 4) is 22.6 Å². The third-order valence-corrected chi connectivity index (χ3v) is 6.62. The number of pyridine rings is 2. The molecule has 0 aliphatic carbocycles. The minimum absolute atomic E-state index is 0.0120. The maximum Gasteiger partial charge on any atom is 0.273 e. The van der Waals surface area contributed by atoms with Gasteiger partial charge in [-0.3, -0.25) is 14.5 Å². The maximum absolute atomic E-state index is 14.2. The Bertz CT molecular complexity index is 1680. The number of hydrogen-bond acceptors (Lipinski definition) is 6. The van der Waals surface area contributed by atoms with Crippen molar-refractivity contribution < 1.29 is 22.5 Å². The number of nitrogens with zero attached hydrogens (tertiary/aromatic N) is 5. The molecular formula is C28H23F3N6O2. The number of aryl methyl sites for hydroxylation is 1. The van der Waals surface area contributed by atoms with E-state index in [1.54, 1.807) is 37.0 Å². The standard InChI is InChI=1S/C28H23F3N6O2/c1-16-19(9-10-32-26(16)31)22-5-4-6-25(35-22)28(2,17-13-34-37(3)14-17)15-33-27(38)23-12-24(39-36-23)20-8-7-18(29)11-21(20)30/h4-14H,15H2,1-3H3,(H,33,38). The number of amides is 1. The van der Waals surface area contributed by atoms with E-state index in [0.29, 0.717) is 22.5 Å². The van der Waals surface area contributed by atoms with Gasteiger partial charge in [0.2, 0.25) is 5.95 Å². The Balaban J connectivity index is 1.44. The molecule has 0 saturated carbocycles. The summed E-state index contributed by atoms with van der Waals surface area (Å²) in [5, 5.41) is 10.9. The summed E-state index contributed by atoms with van der Waals surface area (Å²) in [6.07, 6.45) is 4.89. The van der Waals surface area contributed by atoms with Crippen molar-refractivity contribution in [3.63, 3.8) is 0 Å². The minimum Gasteiger partial charge on any atom is -0.355 e. The molecule has 198 valence electrons. The van der Waals surface area contributed by atoms with Crippen molar-refractivity contribution in [1.82, 2.24) is 30.2 Å². The number of nitrogens with one attached hydrogen (secondary N) is 1. The highest BCUT2D eigenvalue weighted by Gasteiger charge is 2.33. The summed E-state index contributed by atoms with van der Waals surface area (Å²) >= 11 is 0. The number of carbonyl (C=O) groups excluding carboxylic acids is 1. The molecule has 0 saturated heterocycles. The zero-order valence-corrected chi connectivity index (χ0v) is 21.2. The first-order valence-electron chi connectivity index (χ1n) is 11.9. The molecule has 0 aliphatic rings. The lowest BCUT2D eigenvalue weighted by Crippen LogP contribution is -2.40. The highest BCUT2D eigenvalue weighted by molar-refractivity contribution is 5.93. The third kappa shape index (κ3) is 5.02. The van der Waals surface area contributed by atoms with Gasteiger partial charge in [-0.25, -0.2) is 13.8 Å². The Kier molecular flexibility index (Phi) is 6.73. The van der Waals surface area contributed by atoms with Crippen LogP contribution in [0.1, 0.15) is 34.2 Å². The SMILES string of the molecule is Cc1c(-c2cccc(C(C)(CNC(=O)c3cc(-c4ccc(F)cc4F)on3)c3cnn(C)c3)n2)ccnc1F. The summed E-state index contributed by atoms with van der Waals surface area (Å²) in [5.41, 5.74) is 1.97. The molecule has 5 aromatic rings. The largest absolute Gasteiger partial charge is 0.355 e. The molecule has 4 heterocycles. The molecule has 1 unspecified atom stereocenters. The molecular weight excluding hydrogens is 509 g/mol. The first-order valence-corrected chi connectivity index (χ1v) is 11.9. The normalized spacial score (nSPS) is 12.8. The molecule has 1 aromatic carbocycles. The molecule has 0 spiro atoms. The fourth-order valence-corrected chi connectivity index (χ4v) is 4.27. The van der Waals surface area contributed by atoms with Gasteiger partial charge in [0, 0.05) is 54.8 Å². The molecule has 11 heteroatoms. The fraction of sp³-hybridized carbons (Fsp3) is 0.179. The number of aromatic nitrogens is 5. The molecule has 8 nitrogen and oxygen atoms in total. The topological polar surface area (TPSA) is 98.7 Å². The van der Waals surface area contributed by atoms with Gasteiger partial charge in [0.25, 0.3) is 5.91 Å². The van der Waals surface area contributed by atoms with Gasteiger partial charge >= 0.3 is 0 Å². The summed E-state index contributed by atoms with van der Waals surface area (Å²) in [4.78, 5) is 21.6. The molecule has 1 amide bonds. The van der Waals surface area contributed by atoms with Gasteiger partial charge in [-0.2, -0.15) is 9.49 Å². The lowest BCUT2D eigenvalue weighted by molar-refractivity contribution is 0.0938. The van der Waals surface area contributed by atoms with Crippen molar-refractivity contribution in [2.24, 2.45) is 7.05 Å². The van der Waals surface area contributed by atoms with Crippen LogP contribution in [0.25, 0.3) is 22.6 Å². The summed E-state index contributed by atoms with van der Waals surface area (Å²) in [7, 11) is 1.78. The second-order valence-electron chi connectivity index (χ2n) is 9.30. The number of carbonyl (C=O) groups is 1. The summed E-state index contributed by atoms with van der Waals surface area (Å²) in [6.45, 7) is 3.62. The van der Waals surface area contributed by atoms with Crippen LogP contribution in [-0.4, -0.2) is 37.4 Å². The van der Waals surface area contributed by atoms with Crippen molar-refractivity contribution in [3.05, 3.63) is 107 Å². The van der Waals surface area contributed by atoms with Crippen LogP contribution in [0.3, 0.4) is 0 Å². The molecule has 5 rings (SSSR count). The monoisotopic (exact) mass is 532 g/mol. The molecule has 0 aliphatic heterocycles. The zero-order valence-electron chi connectivity index (χ0n) is 21.2. The van der Waals surface area contributed by atoms with Crippen LogP contribution >= 0.6 is 0 Å². The zero-order chi connectivity index (χ0) is 27.7. The third-order valence-electron chi connectivity index (χ3n) is 6.62. The highest BCUT2D eigenvalue weighted by atomic mass is 19.1. The average Bonchev–Trinajstić information content (AvgIpc) is 3.59. The summed E-state index contributed by atoms with van der Waals surface area (Å²) in [5.74, 6) is -2.72. The van der Waals surface area contributed by atoms with Crippen LogP contribution in [0.15, 0.2) is 71.6 Å². The Labute approximate surface area is 221 Å². The number of rotatable bonds is 7. The van der Waals surface area contributed by atoms with E-state index in [9.17, 15) is 18.0 Å². The van der Waals surface area contributed by atoms with Crippen molar-refractivity contribution in [1.29, 1.82) is 0 Å². The Morgan fingerprint density at radius 1 is 1.10 bits per heavy atom. The summed E-state index contributed by atoms with van der Waals surface area (Å²) in [6, 6.07) is 11.4. The van der Waals surface area contributed by atoms with E-state index < -0.39 is 28.9 Å². The van der Waals surface area contributed by atoms with Crippen molar-refractivity contribution in [2.75, 3.05) is 6.54 Å². The smallest absolute Gasteiger partial charge is 0.273 e. The van der Waals surface area contributed by atoms with Gasteiger partial charge in [-0.05, 0) is 44.2 Å². The lowest BCUT2D eigenvalue weighted by Gasteiger charge is -2.29. The van der Waals surface area contributed by atoms with Crippen molar-refractivity contribution in [2.45, 2.75) is 19.3 Å². The van der Waals surface area contributed by atoms with Crippen LogP contribution in [0.4, 0.5) is 13.2 Å². The van der Waals surface area contributed by atoms with Crippen LogP contribution in [-0.2, 0) is 12.5 Å². The summed E-state index contributed by atoms with van der Waals surface area (Å²) < 4.78 is 48.4. The van der Waals surface area contributed by atoms with E-state index in [2.05, 4.69) is 20.6 Å². The van der Waals surface area contributed by atoms with Gasteiger partial charge in [-0.1, -0.05) is 11.2 Å².